The van der Waals surface area contributed by atoms with Crippen LogP contribution < -0.4 is 0 Å². The highest BCUT2D eigenvalue weighted by Gasteiger charge is 2.12. The molecule has 4 rings (SSSR count). The Morgan fingerprint density at radius 1 is 0.364 bits per heavy atom. The largest absolute Gasteiger partial charge is 0.0620 e. The lowest BCUT2D eigenvalue weighted by Crippen LogP contribution is -2.06. The summed E-state index contributed by atoms with van der Waals surface area (Å²) in [4.78, 5) is 0. The Bertz CT molecular complexity index is 730. The van der Waals surface area contributed by atoms with Crippen molar-refractivity contribution < 1.29 is 0 Å². The first-order valence-electron chi connectivity index (χ1n) is 8.10. The van der Waals surface area contributed by atoms with Gasteiger partial charge in [0.05, 0.1) is 0 Å². The zero-order chi connectivity index (χ0) is 14.8. The van der Waals surface area contributed by atoms with Crippen LogP contribution in [0.25, 0.3) is 0 Å². The van der Waals surface area contributed by atoms with E-state index >= 15 is 0 Å². The molecule has 1 aliphatic rings. The molecule has 0 saturated carbocycles. The Morgan fingerprint density at radius 3 is 1.00 bits per heavy atom. The van der Waals surface area contributed by atoms with Crippen molar-refractivity contribution >= 4 is 0 Å². The molecule has 108 valence electrons. The minimum Gasteiger partial charge on any atom is -0.0620 e. The van der Waals surface area contributed by atoms with Gasteiger partial charge in [-0.15, -0.1) is 0 Å². The molecular weight excluding hydrogens is 264 g/mol. The summed E-state index contributed by atoms with van der Waals surface area (Å²) in [6.07, 6.45) is 4.37. The van der Waals surface area contributed by atoms with Crippen LogP contribution in [0.2, 0.25) is 0 Å². The molecule has 0 radical (unpaired) electrons. The van der Waals surface area contributed by atoms with Crippen molar-refractivity contribution in [2.24, 2.45) is 0 Å². The number of fused-ring (bicyclic) bond motifs is 3. The molecule has 0 nitrogen and oxygen atoms in total. The lowest BCUT2D eigenvalue weighted by molar-refractivity contribution is 0.904. The van der Waals surface area contributed by atoms with E-state index in [-0.39, 0.29) is 0 Å². The van der Waals surface area contributed by atoms with Gasteiger partial charge < -0.3 is 0 Å². The molecule has 0 spiro atoms. The Morgan fingerprint density at radius 2 is 0.636 bits per heavy atom. The summed E-state index contributed by atoms with van der Waals surface area (Å²) < 4.78 is 0. The molecule has 0 N–H and O–H groups in total. The third-order valence-electron chi connectivity index (χ3n) is 4.78. The molecule has 0 aromatic heterocycles. The summed E-state index contributed by atoms with van der Waals surface area (Å²) in [5.41, 5.74) is 8.88. The molecule has 0 saturated heterocycles. The summed E-state index contributed by atoms with van der Waals surface area (Å²) in [5, 5.41) is 0. The van der Waals surface area contributed by atoms with E-state index in [9.17, 15) is 0 Å². The van der Waals surface area contributed by atoms with Crippen LogP contribution in [0.4, 0.5) is 0 Å². The highest BCUT2D eigenvalue weighted by molar-refractivity contribution is 5.42. The normalized spacial score (nSPS) is 13.6. The maximum absolute atomic E-state index is 2.29. The zero-order valence-electron chi connectivity index (χ0n) is 12.8. The smallest absolute Gasteiger partial charge is 0.00202 e. The van der Waals surface area contributed by atoms with Crippen LogP contribution in [-0.4, -0.2) is 0 Å². The Kier molecular flexibility index (Phi) is 3.52. The predicted molar refractivity (Wildman–Crippen MR) is 92.3 cm³/mol. The third kappa shape index (κ3) is 2.57. The molecule has 0 heterocycles. The average Bonchev–Trinajstić information content (AvgIpc) is 2.57. The molecule has 0 amide bonds. The lowest BCUT2D eigenvalue weighted by Gasteiger charge is -2.18. The van der Waals surface area contributed by atoms with Crippen molar-refractivity contribution in [3.8, 4) is 0 Å². The van der Waals surface area contributed by atoms with Gasteiger partial charge in [-0.3, -0.25) is 0 Å². The minimum absolute atomic E-state index is 1.05. The molecule has 0 atom stereocenters. The standard InChI is InChI=1S/C22H20/c1-3-9-19-15-21-11-5-6-12-22(21)16-20-10-4-2-8-18(20)14-13-17(19)7-1/h1-12H,13-16H2. The minimum atomic E-state index is 1.05. The second kappa shape index (κ2) is 5.81. The van der Waals surface area contributed by atoms with Gasteiger partial charge in [-0.25, -0.2) is 0 Å². The topological polar surface area (TPSA) is 0 Å². The fraction of sp³-hybridized carbons (Fsp3) is 0.182. The fourth-order valence-electron chi connectivity index (χ4n) is 3.53. The summed E-state index contributed by atoms with van der Waals surface area (Å²) >= 11 is 0. The Hall–Kier alpha value is -2.34. The number of benzene rings is 3. The second-order valence-electron chi connectivity index (χ2n) is 6.16. The van der Waals surface area contributed by atoms with Gasteiger partial charge in [0.2, 0.25) is 0 Å². The third-order valence-corrected chi connectivity index (χ3v) is 4.78. The van der Waals surface area contributed by atoms with E-state index in [0.717, 1.165) is 25.7 Å². The van der Waals surface area contributed by atoms with Crippen molar-refractivity contribution in [2.75, 3.05) is 0 Å². The quantitative estimate of drug-likeness (QED) is 0.547. The van der Waals surface area contributed by atoms with Gasteiger partial charge in [-0.2, -0.15) is 0 Å². The fourth-order valence-corrected chi connectivity index (χ4v) is 3.53. The molecule has 3 aromatic rings. The first-order chi connectivity index (χ1) is 10.9. The highest BCUT2D eigenvalue weighted by Crippen LogP contribution is 2.25. The van der Waals surface area contributed by atoms with Gasteiger partial charge in [-0.1, -0.05) is 72.8 Å². The number of hydrogen-bond donors (Lipinski definition) is 0. The SMILES string of the molecule is c1ccc2c(c1)CCc1ccccc1Cc1ccccc1C2. The first kappa shape index (κ1) is 13.3. The molecular formula is C22H20. The van der Waals surface area contributed by atoms with Crippen molar-refractivity contribution in [1.82, 2.24) is 0 Å². The maximum atomic E-state index is 2.29. The van der Waals surface area contributed by atoms with Crippen LogP contribution in [-0.2, 0) is 25.7 Å². The van der Waals surface area contributed by atoms with Gasteiger partial charge >= 0.3 is 0 Å². The van der Waals surface area contributed by atoms with Gasteiger partial charge in [0.1, 0.15) is 0 Å². The van der Waals surface area contributed by atoms with E-state index in [1.54, 1.807) is 0 Å². The molecule has 0 fully saturated rings. The van der Waals surface area contributed by atoms with E-state index in [4.69, 9.17) is 0 Å². The van der Waals surface area contributed by atoms with Crippen LogP contribution in [0, 0.1) is 0 Å². The van der Waals surface area contributed by atoms with Gasteiger partial charge in [0, 0.05) is 0 Å². The van der Waals surface area contributed by atoms with Gasteiger partial charge in [-0.05, 0) is 59.1 Å². The zero-order valence-corrected chi connectivity index (χ0v) is 12.8. The number of hydrogen-bond acceptors (Lipinski definition) is 0. The molecule has 0 aliphatic heterocycles. The van der Waals surface area contributed by atoms with Crippen molar-refractivity contribution in [2.45, 2.75) is 25.7 Å². The maximum Gasteiger partial charge on any atom is -0.00202 e. The Balaban J connectivity index is 1.87. The summed E-state index contributed by atoms with van der Waals surface area (Å²) in [6.45, 7) is 0. The summed E-state index contributed by atoms with van der Waals surface area (Å²) in [5.74, 6) is 0. The molecule has 22 heavy (non-hydrogen) atoms. The summed E-state index contributed by atoms with van der Waals surface area (Å²) in [7, 11) is 0. The highest BCUT2D eigenvalue weighted by atomic mass is 14.2. The van der Waals surface area contributed by atoms with Crippen molar-refractivity contribution in [1.29, 1.82) is 0 Å². The molecule has 0 unspecified atom stereocenters. The van der Waals surface area contributed by atoms with Crippen LogP contribution in [0.15, 0.2) is 72.8 Å². The van der Waals surface area contributed by atoms with Crippen LogP contribution >= 0.6 is 0 Å². The monoisotopic (exact) mass is 284 g/mol. The molecule has 0 bridgehead atoms. The average molecular weight is 284 g/mol. The summed E-state index contributed by atoms with van der Waals surface area (Å²) in [6, 6.07) is 26.8. The van der Waals surface area contributed by atoms with E-state index < -0.39 is 0 Å². The lowest BCUT2D eigenvalue weighted by atomic mass is 9.87. The molecule has 0 heteroatoms. The van der Waals surface area contributed by atoms with E-state index in [1.807, 2.05) is 0 Å². The Labute approximate surface area is 132 Å². The predicted octanol–water partition coefficient (Wildman–Crippen LogP) is 4.97. The second-order valence-corrected chi connectivity index (χ2v) is 6.16. The van der Waals surface area contributed by atoms with Crippen molar-refractivity contribution in [3.05, 3.63) is 106 Å². The van der Waals surface area contributed by atoms with Crippen LogP contribution in [0.1, 0.15) is 33.4 Å². The van der Waals surface area contributed by atoms with Crippen molar-refractivity contribution in [3.63, 3.8) is 0 Å². The van der Waals surface area contributed by atoms with Gasteiger partial charge in [0.25, 0.3) is 0 Å². The molecule has 1 aliphatic carbocycles. The van der Waals surface area contributed by atoms with E-state index in [0.29, 0.717) is 0 Å². The van der Waals surface area contributed by atoms with E-state index in [1.165, 1.54) is 33.4 Å². The van der Waals surface area contributed by atoms with Crippen LogP contribution in [0.5, 0.6) is 0 Å². The first-order valence-corrected chi connectivity index (χ1v) is 8.10. The van der Waals surface area contributed by atoms with E-state index in [2.05, 4.69) is 72.8 Å². The number of aryl methyl sites for hydroxylation is 2. The number of rotatable bonds is 0. The van der Waals surface area contributed by atoms with Crippen LogP contribution in [0.3, 0.4) is 0 Å². The van der Waals surface area contributed by atoms with Gasteiger partial charge in [0.15, 0.2) is 0 Å². The molecule has 3 aromatic carbocycles.